The van der Waals surface area contributed by atoms with Crippen molar-refractivity contribution in [2.24, 2.45) is 0 Å². The van der Waals surface area contributed by atoms with Crippen LogP contribution in [0.25, 0.3) is 0 Å². The Morgan fingerprint density at radius 1 is 1.62 bits per heavy atom. The number of nitrogens with one attached hydrogen (secondary N) is 1. The molecule has 1 aliphatic carbocycles. The van der Waals surface area contributed by atoms with Crippen LogP contribution in [0.1, 0.15) is 12.8 Å². The molecule has 1 aliphatic rings. The molecule has 0 fully saturated rings. The minimum Gasteiger partial charge on any atom is -0.469 e. The largest absolute Gasteiger partial charge is 0.469 e. The minimum absolute atomic E-state index is 0.186. The Labute approximate surface area is 78.5 Å². The zero-order valence-corrected chi connectivity index (χ0v) is 8.04. The molecule has 0 aromatic heterocycles. The summed E-state index contributed by atoms with van der Waals surface area (Å²) < 4.78 is 4.64. The first kappa shape index (κ1) is 9.99. The van der Waals surface area contributed by atoms with Crippen molar-refractivity contribution in [1.29, 1.82) is 0 Å². The molecule has 0 unspecified atom stereocenters. The summed E-state index contributed by atoms with van der Waals surface area (Å²) in [6.45, 7) is 0. The van der Waals surface area contributed by atoms with Crippen molar-refractivity contribution >= 4 is 5.97 Å². The molecule has 1 atom stereocenters. The molecule has 1 N–H and O–H groups in total. The fourth-order valence-corrected chi connectivity index (χ4v) is 1.40. The third-order valence-electron chi connectivity index (χ3n) is 2.33. The zero-order valence-electron chi connectivity index (χ0n) is 8.04. The van der Waals surface area contributed by atoms with Gasteiger partial charge in [0.15, 0.2) is 0 Å². The van der Waals surface area contributed by atoms with Gasteiger partial charge in [0.25, 0.3) is 0 Å². The van der Waals surface area contributed by atoms with E-state index in [0.717, 1.165) is 6.42 Å². The first-order valence-corrected chi connectivity index (χ1v) is 4.32. The molecule has 0 bridgehead atoms. The number of likely N-dealkylation sites (N-methyl/N-ethyl adjacent to an activating group) is 1. The summed E-state index contributed by atoms with van der Waals surface area (Å²) in [6.07, 6.45) is 9.18. The predicted molar refractivity (Wildman–Crippen MR) is 51.3 cm³/mol. The number of methoxy groups -OCH3 is 1. The fourth-order valence-electron chi connectivity index (χ4n) is 1.40. The number of carbonyl (C=O) groups excluding carboxylic acids is 1. The molecule has 72 valence electrons. The third-order valence-corrected chi connectivity index (χ3v) is 2.33. The van der Waals surface area contributed by atoms with Crippen molar-refractivity contribution in [2.45, 2.75) is 18.4 Å². The number of allylic oxidation sites excluding steroid dienone is 2. The Morgan fingerprint density at radius 2 is 2.38 bits per heavy atom. The summed E-state index contributed by atoms with van der Waals surface area (Å²) >= 11 is 0. The van der Waals surface area contributed by atoms with Gasteiger partial charge < -0.3 is 10.1 Å². The Balaban J connectivity index is 2.65. The first-order valence-electron chi connectivity index (χ1n) is 4.32. The van der Waals surface area contributed by atoms with Gasteiger partial charge in [-0.2, -0.15) is 0 Å². The normalized spacial score (nSPS) is 26.0. The second kappa shape index (κ2) is 4.23. The van der Waals surface area contributed by atoms with Gasteiger partial charge in [-0.3, -0.25) is 4.79 Å². The molecule has 1 rings (SSSR count). The fraction of sp³-hybridized carbons (Fsp3) is 0.500. The van der Waals surface area contributed by atoms with Crippen molar-refractivity contribution in [3.63, 3.8) is 0 Å². The Bertz CT molecular complexity index is 245. The monoisotopic (exact) mass is 181 g/mol. The van der Waals surface area contributed by atoms with Crippen molar-refractivity contribution in [3.8, 4) is 0 Å². The Hall–Kier alpha value is -1.09. The highest BCUT2D eigenvalue weighted by Gasteiger charge is 2.28. The average molecular weight is 181 g/mol. The van der Waals surface area contributed by atoms with Gasteiger partial charge in [0.2, 0.25) is 0 Å². The van der Waals surface area contributed by atoms with Crippen LogP contribution in [0.2, 0.25) is 0 Å². The van der Waals surface area contributed by atoms with E-state index in [0.29, 0.717) is 6.42 Å². The van der Waals surface area contributed by atoms with Crippen LogP contribution in [0, 0.1) is 0 Å². The number of hydrogen-bond donors (Lipinski definition) is 1. The average Bonchev–Trinajstić information content (AvgIpc) is 2.19. The van der Waals surface area contributed by atoms with E-state index in [9.17, 15) is 4.79 Å². The van der Waals surface area contributed by atoms with Gasteiger partial charge in [0, 0.05) is 0 Å². The van der Waals surface area contributed by atoms with E-state index >= 15 is 0 Å². The molecule has 0 spiro atoms. The molecule has 0 saturated heterocycles. The molecule has 0 saturated carbocycles. The van der Waals surface area contributed by atoms with Crippen molar-refractivity contribution < 1.29 is 9.53 Å². The molecule has 0 amide bonds. The van der Waals surface area contributed by atoms with Crippen LogP contribution in [0.15, 0.2) is 24.3 Å². The van der Waals surface area contributed by atoms with E-state index in [1.807, 2.05) is 31.4 Å². The first-order chi connectivity index (χ1) is 6.22. The molecule has 0 radical (unpaired) electrons. The SMILES string of the molecule is CN[C@]1(CC(=O)OC)C=CC=CC1. The van der Waals surface area contributed by atoms with Gasteiger partial charge in [-0.1, -0.05) is 24.3 Å². The Kier molecular flexibility index (Phi) is 3.25. The highest BCUT2D eigenvalue weighted by molar-refractivity contribution is 5.71. The summed E-state index contributed by atoms with van der Waals surface area (Å²) in [7, 11) is 3.26. The molecule has 0 aromatic rings. The van der Waals surface area contributed by atoms with Gasteiger partial charge in [-0.05, 0) is 13.5 Å². The van der Waals surface area contributed by atoms with Crippen molar-refractivity contribution in [3.05, 3.63) is 24.3 Å². The molecule has 13 heavy (non-hydrogen) atoms. The van der Waals surface area contributed by atoms with Gasteiger partial charge in [-0.15, -0.1) is 0 Å². The number of esters is 1. The highest BCUT2D eigenvalue weighted by Crippen LogP contribution is 2.21. The summed E-state index contributed by atoms with van der Waals surface area (Å²) in [4.78, 5) is 11.1. The predicted octanol–water partition coefficient (Wildman–Crippen LogP) is 1.02. The molecule has 0 heterocycles. The number of ether oxygens (including phenoxy) is 1. The quantitative estimate of drug-likeness (QED) is 0.661. The van der Waals surface area contributed by atoms with E-state index in [-0.39, 0.29) is 11.5 Å². The summed E-state index contributed by atoms with van der Waals surface area (Å²) in [5.41, 5.74) is -0.248. The molecular formula is C10H15NO2. The summed E-state index contributed by atoms with van der Waals surface area (Å²) in [5, 5.41) is 3.14. The number of hydrogen-bond acceptors (Lipinski definition) is 3. The summed E-state index contributed by atoms with van der Waals surface area (Å²) in [6, 6.07) is 0. The molecule has 3 heteroatoms. The van der Waals surface area contributed by atoms with E-state index in [1.54, 1.807) is 0 Å². The van der Waals surface area contributed by atoms with Crippen LogP contribution in [-0.2, 0) is 9.53 Å². The van der Waals surface area contributed by atoms with Gasteiger partial charge >= 0.3 is 5.97 Å². The zero-order chi connectivity index (χ0) is 9.73. The lowest BCUT2D eigenvalue weighted by atomic mass is 9.88. The molecule has 3 nitrogen and oxygen atoms in total. The van der Waals surface area contributed by atoms with E-state index in [4.69, 9.17) is 0 Å². The van der Waals surface area contributed by atoms with Gasteiger partial charge in [0.1, 0.15) is 0 Å². The molecule has 0 aromatic carbocycles. The van der Waals surface area contributed by atoms with Crippen LogP contribution in [0.4, 0.5) is 0 Å². The van der Waals surface area contributed by atoms with Crippen molar-refractivity contribution in [2.75, 3.05) is 14.2 Å². The lowest BCUT2D eigenvalue weighted by Gasteiger charge is -2.29. The van der Waals surface area contributed by atoms with E-state index in [1.165, 1.54) is 7.11 Å². The van der Waals surface area contributed by atoms with E-state index in [2.05, 4.69) is 10.1 Å². The van der Waals surface area contributed by atoms with Crippen molar-refractivity contribution in [1.82, 2.24) is 5.32 Å². The number of carbonyl (C=O) groups is 1. The second-order valence-corrected chi connectivity index (χ2v) is 3.15. The maximum Gasteiger partial charge on any atom is 0.307 e. The van der Waals surface area contributed by atoms with Crippen LogP contribution in [-0.4, -0.2) is 25.7 Å². The topological polar surface area (TPSA) is 38.3 Å². The van der Waals surface area contributed by atoms with E-state index < -0.39 is 0 Å². The van der Waals surface area contributed by atoms with Crippen LogP contribution >= 0.6 is 0 Å². The maximum atomic E-state index is 11.1. The van der Waals surface area contributed by atoms with Gasteiger partial charge in [-0.25, -0.2) is 0 Å². The smallest absolute Gasteiger partial charge is 0.307 e. The lowest BCUT2D eigenvalue weighted by Crippen LogP contribution is -2.43. The third kappa shape index (κ3) is 2.42. The lowest BCUT2D eigenvalue weighted by molar-refractivity contribution is -0.141. The molecule has 0 aliphatic heterocycles. The van der Waals surface area contributed by atoms with Crippen LogP contribution < -0.4 is 5.32 Å². The Morgan fingerprint density at radius 3 is 2.85 bits per heavy atom. The maximum absolute atomic E-state index is 11.1. The number of rotatable bonds is 3. The second-order valence-electron chi connectivity index (χ2n) is 3.15. The highest BCUT2D eigenvalue weighted by atomic mass is 16.5. The minimum atomic E-state index is -0.248. The van der Waals surface area contributed by atoms with Crippen LogP contribution in [0.3, 0.4) is 0 Å². The van der Waals surface area contributed by atoms with Crippen LogP contribution in [0.5, 0.6) is 0 Å². The molecular weight excluding hydrogens is 166 g/mol. The standard InChI is InChI=1S/C10H15NO2/c1-11-10(8-9(12)13-2)6-4-3-5-7-10/h3-6,11H,7-8H2,1-2H3/t10-/m1/s1. The summed E-state index contributed by atoms with van der Waals surface area (Å²) in [5.74, 6) is -0.186. The van der Waals surface area contributed by atoms with Gasteiger partial charge in [0.05, 0.1) is 19.1 Å².